The van der Waals surface area contributed by atoms with Crippen LogP contribution in [0.2, 0.25) is 0 Å². The van der Waals surface area contributed by atoms with E-state index in [0.717, 1.165) is 26.2 Å². The summed E-state index contributed by atoms with van der Waals surface area (Å²) in [6.07, 6.45) is 6.76. The van der Waals surface area contributed by atoms with Gasteiger partial charge in [0, 0.05) is 37.4 Å². The Morgan fingerprint density at radius 2 is 2.33 bits per heavy atom. The maximum absolute atomic E-state index is 5.89. The molecule has 1 aromatic rings. The molecule has 1 fully saturated rings. The highest BCUT2D eigenvalue weighted by molar-refractivity contribution is 5.09. The summed E-state index contributed by atoms with van der Waals surface area (Å²) < 4.78 is 7.85. The van der Waals surface area contributed by atoms with Crippen molar-refractivity contribution in [3.05, 3.63) is 18.0 Å². The summed E-state index contributed by atoms with van der Waals surface area (Å²) in [4.78, 5) is 2.54. The lowest BCUT2D eigenvalue weighted by Gasteiger charge is -2.36. The first-order chi connectivity index (χ1) is 8.74. The number of nitrogens with zero attached hydrogens (tertiary/aromatic N) is 3. The smallest absolute Gasteiger partial charge is 0.0982 e. The van der Waals surface area contributed by atoms with Gasteiger partial charge >= 0.3 is 0 Å². The third-order valence-electron chi connectivity index (χ3n) is 3.78. The minimum absolute atomic E-state index is 0.193. The van der Waals surface area contributed by atoms with Crippen molar-refractivity contribution in [1.29, 1.82) is 0 Å². The van der Waals surface area contributed by atoms with Crippen LogP contribution in [0.25, 0.3) is 0 Å². The van der Waals surface area contributed by atoms with Crippen LogP contribution in [0.1, 0.15) is 45.3 Å². The van der Waals surface area contributed by atoms with E-state index in [0.29, 0.717) is 6.04 Å². The summed E-state index contributed by atoms with van der Waals surface area (Å²) in [5, 5.41) is 4.33. The molecule has 0 bridgehead atoms. The van der Waals surface area contributed by atoms with Crippen molar-refractivity contribution >= 4 is 0 Å². The topological polar surface area (TPSA) is 30.3 Å². The minimum atomic E-state index is 0.193. The van der Waals surface area contributed by atoms with Crippen molar-refractivity contribution in [2.24, 2.45) is 0 Å². The zero-order valence-electron chi connectivity index (χ0n) is 11.8. The van der Waals surface area contributed by atoms with Gasteiger partial charge in [-0.3, -0.25) is 9.58 Å². The highest BCUT2D eigenvalue weighted by atomic mass is 16.5. The van der Waals surface area contributed by atoms with Gasteiger partial charge in [-0.05, 0) is 20.3 Å². The van der Waals surface area contributed by atoms with Gasteiger partial charge in [-0.15, -0.1) is 0 Å². The molecule has 0 aromatic carbocycles. The van der Waals surface area contributed by atoms with Crippen molar-refractivity contribution in [2.75, 3.05) is 19.7 Å². The van der Waals surface area contributed by atoms with Gasteiger partial charge in [0.25, 0.3) is 0 Å². The molecule has 2 atom stereocenters. The van der Waals surface area contributed by atoms with Crippen molar-refractivity contribution < 1.29 is 4.74 Å². The van der Waals surface area contributed by atoms with E-state index < -0.39 is 0 Å². The van der Waals surface area contributed by atoms with Crippen molar-refractivity contribution in [3.8, 4) is 0 Å². The third-order valence-corrected chi connectivity index (χ3v) is 3.78. The van der Waals surface area contributed by atoms with E-state index in [1.807, 2.05) is 10.9 Å². The van der Waals surface area contributed by atoms with Gasteiger partial charge in [-0.25, -0.2) is 0 Å². The van der Waals surface area contributed by atoms with E-state index >= 15 is 0 Å². The highest BCUT2D eigenvalue weighted by Crippen LogP contribution is 2.23. The molecular weight excluding hydrogens is 226 g/mol. The summed E-state index contributed by atoms with van der Waals surface area (Å²) in [6, 6.07) is 0.655. The van der Waals surface area contributed by atoms with Crippen LogP contribution in [-0.2, 0) is 11.3 Å². The van der Waals surface area contributed by atoms with Crippen LogP contribution >= 0.6 is 0 Å². The Bertz CT molecular complexity index is 364. The van der Waals surface area contributed by atoms with E-state index in [9.17, 15) is 0 Å². The predicted molar refractivity (Wildman–Crippen MR) is 72.5 cm³/mol. The summed E-state index contributed by atoms with van der Waals surface area (Å²) in [5.41, 5.74) is 1.21. The Labute approximate surface area is 110 Å². The zero-order valence-corrected chi connectivity index (χ0v) is 11.8. The lowest BCUT2D eigenvalue weighted by atomic mass is 10.1. The van der Waals surface area contributed by atoms with E-state index in [4.69, 9.17) is 4.74 Å². The van der Waals surface area contributed by atoms with Gasteiger partial charge in [0.05, 0.1) is 18.9 Å². The molecule has 4 nitrogen and oxygen atoms in total. The van der Waals surface area contributed by atoms with E-state index in [2.05, 4.69) is 37.0 Å². The molecule has 0 amide bonds. The number of aryl methyl sites for hydroxylation is 1. The molecule has 0 aliphatic carbocycles. The molecule has 0 N–H and O–H groups in total. The molecule has 4 heteroatoms. The zero-order chi connectivity index (χ0) is 13.0. The summed E-state index contributed by atoms with van der Waals surface area (Å²) in [6.45, 7) is 10.5. The van der Waals surface area contributed by atoms with Crippen molar-refractivity contribution in [2.45, 2.75) is 52.3 Å². The SMILES string of the molecule is CCC[C@H](C)N1CCO[C@H](c2cnn(CC)c2)C1. The molecule has 0 radical (unpaired) electrons. The fourth-order valence-corrected chi connectivity index (χ4v) is 2.59. The second-order valence-corrected chi connectivity index (χ2v) is 5.12. The maximum atomic E-state index is 5.89. The first-order valence-corrected chi connectivity index (χ1v) is 7.12. The quantitative estimate of drug-likeness (QED) is 0.805. The van der Waals surface area contributed by atoms with Crippen LogP contribution in [0.4, 0.5) is 0 Å². The second kappa shape index (κ2) is 6.34. The average molecular weight is 251 g/mol. The lowest BCUT2D eigenvalue weighted by Crippen LogP contribution is -2.43. The molecule has 0 unspecified atom stereocenters. The summed E-state index contributed by atoms with van der Waals surface area (Å²) in [7, 11) is 0. The van der Waals surface area contributed by atoms with Crippen molar-refractivity contribution in [3.63, 3.8) is 0 Å². The maximum Gasteiger partial charge on any atom is 0.0982 e. The largest absolute Gasteiger partial charge is 0.371 e. The monoisotopic (exact) mass is 251 g/mol. The van der Waals surface area contributed by atoms with Gasteiger partial charge in [0.1, 0.15) is 0 Å². The van der Waals surface area contributed by atoms with Gasteiger partial charge in [-0.2, -0.15) is 5.10 Å². The van der Waals surface area contributed by atoms with E-state index in [1.54, 1.807) is 0 Å². The van der Waals surface area contributed by atoms with Crippen LogP contribution < -0.4 is 0 Å². The molecule has 102 valence electrons. The minimum Gasteiger partial charge on any atom is -0.371 e. The number of morpholine rings is 1. The standard InChI is InChI=1S/C14H25N3O/c1-4-6-12(3)16-7-8-18-14(11-16)13-9-15-17(5-2)10-13/h9-10,12,14H,4-8,11H2,1-3H3/t12-,14-/m0/s1. The van der Waals surface area contributed by atoms with Crippen LogP contribution in [0.3, 0.4) is 0 Å². The molecule has 2 rings (SSSR count). The molecular formula is C14H25N3O. The first kappa shape index (κ1) is 13.6. The van der Waals surface area contributed by atoms with Gasteiger partial charge in [0.2, 0.25) is 0 Å². The Balaban J connectivity index is 1.97. The van der Waals surface area contributed by atoms with E-state index in [-0.39, 0.29) is 6.10 Å². The normalized spacial score (nSPS) is 23.2. The number of rotatable bonds is 5. The number of hydrogen-bond donors (Lipinski definition) is 0. The summed E-state index contributed by atoms with van der Waals surface area (Å²) >= 11 is 0. The highest BCUT2D eigenvalue weighted by Gasteiger charge is 2.25. The summed E-state index contributed by atoms with van der Waals surface area (Å²) in [5.74, 6) is 0. The molecule has 1 aromatic heterocycles. The van der Waals surface area contributed by atoms with Crippen molar-refractivity contribution in [1.82, 2.24) is 14.7 Å². The Hall–Kier alpha value is -0.870. The fourth-order valence-electron chi connectivity index (χ4n) is 2.59. The Morgan fingerprint density at radius 3 is 3.00 bits per heavy atom. The number of aromatic nitrogens is 2. The molecule has 1 saturated heterocycles. The number of hydrogen-bond acceptors (Lipinski definition) is 3. The molecule has 18 heavy (non-hydrogen) atoms. The molecule has 2 heterocycles. The molecule has 1 aliphatic rings. The van der Waals surface area contributed by atoms with Crippen LogP contribution in [0.5, 0.6) is 0 Å². The van der Waals surface area contributed by atoms with E-state index in [1.165, 1.54) is 18.4 Å². The molecule has 0 saturated carbocycles. The van der Waals surface area contributed by atoms with Crippen LogP contribution in [0.15, 0.2) is 12.4 Å². The van der Waals surface area contributed by atoms with Gasteiger partial charge in [0.15, 0.2) is 0 Å². The van der Waals surface area contributed by atoms with Crippen LogP contribution in [-0.4, -0.2) is 40.4 Å². The first-order valence-electron chi connectivity index (χ1n) is 7.12. The predicted octanol–water partition coefficient (Wildman–Crippen LogP) is 2.46. The second-order valence-electron chi connectivity index (χ2n) is 5.12. The Kier molecular flexibility index (Phi) is 4.78. The molecule has 0 spiro atoms. The van der Waals surface area contributed by atoms with Gasteiger partial charge < -0.3 is 4.74 Å². The average Bonchev–Trinajstić information content (AvgIpc) is 2.88. The number of ether oxygens (including phenoxy) is 1. The Morgan fingerprint density at radius 1 is 1.50 bits per heavy atom. The lowest BCUT2D eigenvalue weighted by molar-refractivity contribution is -0.0436. The van der Waals surface area contributed by atoms with Gasteiger partial charge in [-0.1, -0.05) is 13.3 Å². The third kappa shape index (κ3) is 3.12. The fraction of sp³-hybridized carbons (Fsp3) is 0.786. The molecule has 1 aliphatic heterocycles. The van der Waals surface area contributed by atoms with Crippen LogP contribution in [0, 0.1) is 0 Å².